The van der Waals surface area contributed by atoms with Crippen LogP contribution >= 0.6 is 34.2 Å². The lowest BCUT2D eigenvalue weighted by Gasteiger charge is -2.10. The third-order valence-electron chi connectivity index (χ3n) is 1.47. The molecule has 8 heteroatoms. The fourth-order valence-electron chi connectivity index (χ4n) is 0.821. The van der Waals surface area contributed by atoms with Gasteiger partial charge in [-0.2, -0.15) is 13.2 Å². The van der Waals surface area contributed by atoms with Gasteiger partial charge in [-0.05, 0) is 28.7 Å². The minimum Gasteiger partial charge on any atom is -0.230 e. The van der Waals surface area contributed by atoms with E-state index in [-0.39, 0.29) is 3.57 Å². The number of hydrogen-bond donors (Lipinski definition) is 0. The number of pyridine rings is 1. The average molecular weight is 357 g/mol. The Morgan fingerprint density at radius 1 is 1.33 bits per heavy atom. The Bertz CT molecular complexity index is 378. The van der Waals surface area contributed by atoms with Crippen molar-refractivity contribution in [3.8, 4) is 0 Å². The Morgan fingerprint density at radius 3 is 2.27 bits per heavy atom. The van der Waals surface area contributed by atoms with Crippen molar-refractivity contribution in [3.05, 3.63) is 26.0 Å². The van der Waals surface area contributed by atoms with E-state index in [2.05, 4.69) is 4.98 Å². The van der Waals surface area contributed by atoms with E-state index in [1.807, 2.05) is 0 Å². The van der Waals surface area contributed by atoms with E-state index < -0.39 is 29.0 Å². The Morgan fingerprint density at radius 2 is 1.87 bits per heavy atom. The van der Waals surface area contributed by atoms with Crippen LogP contribution in [0.15, 0.2) is 6.07 Å². The first-order valence-electron chi connectivity index (χ1n) is 3.44. The van der Waals surface area contributed by atoms with Gasteiger partial charge in [0.1, 0.15) is 10.8 Å². The first kappa shape index (κ1) is 12.9. The molecule has 0 fully saturated rings. The normalized spacial score (nSPS) is 12.3. The zero-order valence-electron chi connectivity index (χ0n) is 6.75. The molecule has 1 aromatic rings. The number of rotatable bonds is 1. The zero-order chi connectivity index (χ0) is 11.8. The van der Waals surface area contributed by atoms with Crippen LogP contribution in [0.5, 0.6) is 0 Å². The minimum atomic E-state index is -4.78. The van der Waals surface area contributed by atoms with Crippen LogP contribution in [0, 0.1) is 3.57 Å². The molecule has 1 nitrogen and oxygen atoms in total. The molecule has 0 spiro atoms. The molecule has 0 atom stereocenters. The summed E-state index contributed by atoms with van der Waals surface area (Å²) in [5.41, 5.74) is -2.17. The molecule has 0 radical (unpaired) electrons. The van der Waals surface area contributed by atoms with Crippen molar-refractivity contribution < 1.29 is 22.0 Å². The summed E-state index contributed by atoms with van der Waals surface area (Å²) >= 11 is 6.74. The second-order valence-corrected chi connectivity index (χ2v) is 3.94. The van der Waals surface area contributed by atoms with Crippen LogP contribution in [0.4, 0.5) is 22.0 Å². The van der Waals surface area contributed by atoms with Crippen LogP contribution in [0.25, 0.3) is 0 Å². The van der Waals surface area contributed by atoms with Gasteiger partial charge in [0.15, 0.2) is 0 Å². The van der Waals surface area contributed by atoms with Crippen LogP contribution in [0.3, 0.4) is 0 Å². The molecule has 0 aromatic carbocycles. The largest absolute Gasteiger partial charge is 0.433 e. The molecule has 1 rings (SSSR count). The van der Waals surface area contributed by atoms with Gasteiger partial charge in [-0.25, -0.2) is 13.8 Å². The van der Waals surface area contributed by atoms with Crippen LogP contribution in [0.1, 0.15) is 17.7 Å². The molecule has 0 unspecified atom stereocenters. The highest BCUT2D eigenvalue weighted by atomic mass is 127. The highest BCUT2D eigenvalue weighted by Gasteiger charge is 2.34. The van der Waals surface area contributed by atoms with Crippen molar-refractivity contribution in [3.63, 3.8) is 0 Å². The summed E-state index contributed by atoms with van der Waals surface area (Å²) in [7, 11) is 0. The van der Waals surface area contributed by atoms with Crippen LogP contribution in [-0.2, 0) is 6.18 Å². The van der Waals surface area contributed by atoms with Crippen molar-refractivity contribution in [2.75, 3.05) is 0 Å². The van der Waals surface area contributed by atoms with Gasteiger partial charge in [0.2, 0.25) is 0 Å². The number of aromatic nitrogens is 1. The van der Waals surface area contributed by atoms with Gasteiger partial charge in [0.05, 0.1) is 3.57 Å². The van der Waals surface area contributed by atoms with Gasteiger partial charge in [-0.1, -0.05) is 11.6 Å². The molecule has 0 N–H and O–H groups in total. The van der Waals surface area contributed by atoms with Gasteiger partial charge in [-0.15, -0.1) is 0 Å². The number of hydrogen-bond acceptors (Lipinski definition) is 1. The molecule has 0 bridgehead atoms. The lowest BCUT2D eigenvalue weighted by Crippen LogP contribution is -2.10. The Hall–Kier alpha value is -0.180. The average Bonchev–Trinajstić information content (AvgIpc) is 2.06. The summed E-state index contributed by atoms with van der Waals surface area (Å²) < 4.78 is 61.0. The molecule has 15 heavy (non-hydrogen) atoms. The molecule has 1 aromatic heterocycles. The van der Waals surface area contributed by atoms with Crippen LogP contribution in [0.2, 0.25) is 5.15 Å². The fraction of sp³-hybridized carbons (Fsp3) is 0.286. The molecule has 84 valence electrons. The SMILES string of the molecule is FC(F)c1cc(C(F)(F)F)nc(Cl)c1I. The van der Waals surface area contributed by atoms with Crippen LogP contribution < -0.4 is 0 Å². The van der Waals surface area contributed by atoms with Crippen LogP contribution in [-0.4, -0.2) is 4.98 Å². The van der Waals surface area contributed by atoms with E-state index in [4.69, 9.17) is 11.6 Å². The van der Waals surface area contributed by atoms with Crippen molar-refractivity contribution in [1.29, 1.82) is 0 Å². The molecular weight excluding hydrogens is 355 g/mol. The number of halogens is 7. The van der Waals surface area contributed by atoms with Gasteiger partial charge < -0.3 is 0 Å². The standard InChI is InChI=1S/C7H2ClF5IN/c8-5-4(14)2(6(9)10)1-3(15-5)7(11,12)13/h1,6H. The smallest absolute Gasteiger partial charge is 0.230 e. The maximum absolute atomic E-state index is 12.3. The predicted molar refractivity (Wildman–Crippen MR) is 51.9 cm³/mol. The molecular formula is C7H2ClF5IN. The molecule has 0 saturated carbocycles. The van der Waals surface area contributed by atoms with Gasteiger partial charge in [0.25, 0.3) is 6.43 Å². The lowest BCUT2D eigenvalue weighted by molar-refractivity contribution is -0.141. The predicted octanol–water partition coefficient (Wildman–Crippen LogP) is 4.30. The third-order valence-corrected chi connectivity index (χ3v) is 3.20. The fourth-order valence-corrected chi connectivity index (χ4v) is 1.53. The van der Waals surface area contributed by atoms with Crippen molar-refractivity contribution in [2.24, 2.45) is 0 Å². The second kappa shape index (κ2) is 4.36. The molecule has 0 aliphatic heterocycles. The Balaban J connectivity index is 3.36. The molecule has 1 heterocycles. The first-order chi connectivity index (χ1) is 6.73. The molecule has 0 amide bonds. The highest BCUT2D eigenvalue weighted by molar-refractivity contribution is 14.1. The Labute approximate surface area is 99.8 Å². The Kier molecular flexibility index (Phi) is 3.75. The monoisotopic (exact) mass is 357 g/mol. The topological polar surface area (TPSA) is 12.9 Å². The quantitative estimate of drug-likeness (QED) is 0.415. The summed E-state index contributed by atoms with van der Waals surface area (Å²) in [6.45, 7) is 0. The molecule has 0 aliphatic carbocycles. The van der Waals surface area contributed by atoms with Crippen molar-refractivity contribution >= 4 is 34.2 Å². The van der Waals surface area contributed by atoms with E-state index in [9.17, 15) is 22.0 Å². The lowest BCUT2D eigenvalue weighted by atomic mass is 10.2. The van der Waals surface area contributed by atoms with E-state index >= 15 is 0 Å². The maximum Gasteiger partial charge on any atom is 0.433 e. The van der Waals surface area contributed by atoms with Gasteiger partial charge in [0, 0.05) is 5.56 Å². The van der Waals surface area contributed by atoms with Crippen molar-refractivity contribution in [1.82, 2.24) is 4.98 Å². The third kappa shape index (κ3) is 2.90. The van der Waals surface area contributed by atoms with Gasteiger partial charge in [-0.3, -0.25) is 0 Å². The number of nitrogens with zero attached hydrogens (tertiary/aromatic N) is 1. The van der Waals surface area contributed by atoms with E-state index in [1.165, 1.54) is 22.6 Å². The minimum absolute atomic E-state index is 0.169. The molecule has 0 aliphatic rings. The van der Waals surface area contributed by atoms with Crippen molar-refractivity contribution in [2.45, 2.75) is 12.6 Å². The summed E-state index contributed by atoms with van der Waals surface area (Å²) in [5, 5.41) is -0.569. The van der Waals surface area contributed by atoms with E-state index in [0.29, 0.717) is 6.07 Å². The van der Waals surface area contributed by atoms with E-state index in [1.54, 1.807) is 0 Å². The maximum atomic E-state index is 12.3. The number of alkyl halides is 5. The van der Waals surface area contributed by atoms with E-state index in [0.717, 1.165) is 0 Å². The summed E-state index contributed by atoms with van der Waals surface area (Å²) in [6, 6.07) is 0.304. The summed E-state index contributed by atoms with van der Waals surface area (Å²) in [6.07, 6.45) is -7.80. The molecule has 0 saturated heterocycles. The zero-order valence-corrected chi connectivity index (χ0v) is 9.66. The summed E-state index contributed by atoms with van der Waals surface area (Å²) in [5.74, 6) is 0. The summed E-state index contributed by atoms with van der Waals surface area (Å²) in [4.78, 5) is 2.99. The van der Waals surface area contributed by atoms with Gasteiger partial charge >= 0.3 is 6.18 Å². The first-order valence-corrected chi connectivity index (χ1v) is 4.90. The highest BCUT2D eigenvalue weighted by Crippen LogP contribution is 2.35. The second-order valence-electron chi connectivity index (χ2n) is 2.50.